The molecule has 74 heavy (non-hydrogen) atoms. The van der Waals surface area contributed by atoms with Crippen molar-refractivity contribution in [1.82, 2.24) is 0 Å². The molecular formula is C68H122O6. The van der Waals surface area contributed by atoms with E-state index in [-0.39, 0.29) is 31.1 Å². The van der Waals surface area contributed by atoms with Gasteiger partial charge in [-0.25, -0.2) is 0 Å². The van der Waals surface area contributed by atoms with Gasteiger partial charge in [0.25, 0.3) is 0 Å². The number of ether oxygens (including phenoxy) is 3. The number of hydrogen-bond donors (Lipinski definition) is 0. The minimum absolute atomic E-state index is 0.0764. The minimum Gasteiger partial charge on any atom is -0.462 e. The predicted molar refractivity (Wildman–Crippen MR) is 321 cm³/mol. The molecule has 0 fully saturated rings. The van der Waals surface area contributed by atoms with Crippen LogP contribution in [0.5, 0.6) is 0 Å². The summed E-state index contributed by atoms with van der Waals surface area (Å²) >= 11 is 0. The number of allylic oxidation sites excluding steroid dienone is 10. The monoisotopic (exact) mass is 1030 g/mol. The van der Waals surface area contributed by atoms with E-state index in [0.29, 0.717) is 19.3 Å². The van der Waals surface area contributed by atoms with Crippen molar-refractivity contribution in [3.8, 4) is 0 Å². The lowest BCUT2D eigenvalue weighted by Crippen LogP contribution is -2.30. The molecule has 1 atom stereocenters. The molecule has 0 aliphatic heterocycles. The van der Waals surface area contributed by atoms with Crippen LogP contribution in [0.15, 0.2) is 60.8 Å². The molecule has 0 aliphatic rings. The fraction of sp³-hybridized carbons (Fsp3) is 0.809. The summed E-state index contributed by atoms with van der Waals surface area (Å²) in [4.78, 5) is 38.2. The summed E-state index contributed by atoms with van der Waals surface area (Å²) in [5.74, 6) is -0.876. The van der Waals surface area contributed by atoms with E-state index >= 15 is 0 Å². The van der Waals surface area contributed by atoms with Crippen LogP contribution in [0, 0.1) is 0 Å². The highest BCUT2D eigenvalue weighted by atomic mass is 16.6. The normalized spacial score (nSPS) is 12.4. The zero-order chi connectivity index (χ0) is 53.6. The average molecular weight is 1040 g/mol. The molecule has 0 heterocycles. The quantitative estimate of drug-likeness (QED) is 0.0261. The molecule has 0 N–H and O–H groups in total. The van der Waals surface area contributed by atoms with Crippen molar-refractivity contribution in [2.45, 2.75) is 341 Å². The molecule has 6 nitrogen and oxygen atoms in total. The molecule has 1 unspecified atom stereocenters. The Morgan fingerprint density at radius 1 is 0.270 bits per heavy atom. The summed E-state index contributed by atoms with van der Waals surface area (Å²) in [5.41, 5.74) is 0. The van der Waals surface area contributed by atoms with Crippen molar-refractivity contribution < 1.29 is 28.6 Å². The number of esters is 3. The lowest BCUT2D eigenvalue weighted by Gasteiger charge is -2.18. The SMILES string of the molecule is CCCCCC/C=C\C/C=C\CCCCCCCC(=O)OC(COC(=O)CCCCCCCCCCCCC)COC(=O)CCCCCCCCCCCCCCCC/C=C\C/C=C\C/C=C\CCCCCCC. The van der Waals surface area contributed by atoms with E-state index in [1.165, 1.54) is 199 Å². The maximum absolute atomic E-state index is 12.9. The van der Waals surface area contributed by atoms with Crippen molar-refractivity contribution in [2.24, 2.45) is 0 Å². The van der Waals surface area contributed by atoms with E-state index in [0.717, 1.165) is 96.3 Å². The van der Waals surface area contributed by atoms with Gasteiger partial charge in [-0.3, -0.25) is 14.4 Å². The fourth-order valence-electron chi connectivity index (χ4n) is 9.36. The third-order valence-corrected chi connectivity index (χ3v) is 14.2. The van der Waals surface area contributed by atoms with Crippen LogP contribution >= 0.6 is 0 Å². The molecule has 6 heteroatoms. The Morgan fingerprint density at radius 2 is 0.486 bits per heavy atom. The van der Waals surface area contributed by atoms with E-state index in [9.17, 15) is 14.4 Å². The summed E-state index contributed by atoms with van der Waals surface area (Å²) in [7, 11) is 0. The molecule has 0 aromatic heterocycles. The zero-order valence-corrected chi connectivity index (χ0v) is 49.4. The minimum atomic E-state index is -0.779. The van der Waals surface area contributed by atoms with Crippen molar-refractivity contribution >= 4 is 17.9 Å². The molecule has 0 spiro atoms. The molecule has 0 saturated heterocycles. The standard InChI is InChI=1S/C68H122O6/c1-4-7-10-13-16-19-22-24-26-28-29-30-31-32-33-34-35-36-37-38-39-40-42-43-46-49-52-55-58-61-67(70)73-64-65(63-72-66(69)60-57-54-51-48-45-21-18-15-12-9-6-3)74-68(71)62-59-56-53-50-47-44-41-27-25-23-20-17-14-11-8-5-2/h20,22-24,27-29,31-32,41,65H,4-19,21,25-26,30,33-40,42-64H2,1-3H3/b23-20-,24-22-,29-28-,32-31-,41-27-. The van der Waals surface area contributed by atoms with Gasteiger partial charge in [0.2, 0.25) is 0 Å². The maximum Gasteiger partial charge on any atom is 0.306 e. The first-order chi connectivity index (χ1) is 36.5. The van der Waals surface area contributed by atoms with Crippen molar-refractivity contribution in [3.05, 3.63) is 60.8 Å². The Morgan fingerprint density at radius 3 is 0.770 bits per heavy atom. The summed E-state index contributed by atoms with van der Waals surface area (Å²) < 4.78 is 16.9. The van der Waals surface area contributed by atoms with Gasteiger partial charge in [0.15, 0.2) is 6.10 Å². The van der Waals surface area contributed by atoms with Crippen LogP contribution in [-0.2, 0) is 28.6 Å². The molecule has 0 aliphatic carbocycles. The zero-order valence-electron chi connectivity index (χ0n) is 49.4. The van der Waals surface area contributed by atoms with Gasteiger partial charge in [0.05, 0.1) is 0 Å². The van der Waals surface area contributed by atoms with Gasteiger partial charge in [-0.05, 0) is 89.9 Å². The number of rotatable bonds is 59. The van der Waals surface area contributed by atoms with E-state index in [2.05, 4.69) is 81.5 Å². The summed E-state index contributed by atoms with van der Waals surface area (Å²) in [6, 6.07) is 0. The summed E-state index contributed by atoms with van der Waals surface area (Å²) in [5, 5.41) is 0. The van der Waals surface area contributed by atoms with Crippen molar-refractivity contribution in [2.75, 3.05) is 13.2 Å². The van der Waals surface area contributed by atoms with E-state index in [4.69, 9.17) is 14.2 Å². The first-order valence-corrected chi connectivity index (χ1v) is 32.3. The van der Waals surface area contributed by atoms with Gasteiger partial charge in [-0.2, -0.15) is 0 Å². The van der Waals surface area contributed by atoms with Gasteiger partial charge >= 0.3 is 17.9 Å². The highest BCUT2D eigenvalue weighted by Gasteiger charge is 2.19. The number of carbonyl (C=O) groups excluding carboxylic acids is 3. The molecular weight excluding hydrogens is 913 g/mol. The largest absolute Gasteiger partial charge is 0.462 e. The Hall–Kier alpha value is -2.89. The van der Waals surface area contributed by atoms with Gasteiger partial charge in [-0.15, -0.1) is 0 Å². The molecule has 0 radical (unpaired) electrons. The van der Waals surface area contributed by atoms with Crippen LogP contribution in [0.4, 0.5) is 0 Å². The molecule has 0 saturated carbocycles. The van der Waals surface area contributed by atoms with E-state index in [1.54, 1.807) is 0 Å². The third kappa shape index (κ3) is 60.0. The highest BCUT2D eigenvalue weighted by Crippen LogP contribution is 2.17. The van der Waals surface area contributed by atoms with Gasteiger partial charge in [-0.1, -0.05) is 287 Å². The summed E-state index contributed by atoms with van der Waals surface area (Å²) in [6.45, 7) is 6.63. The maximum atomic E-state index is 12.9. The Kier molecular flexibility index (Phi) is 60.2. The Labute approximate surface area is 460 Å². The molecule has 0 amide bonds. The lowest BCUT2D eigenvalue weighted by molar-refractivity contribution is -0.167. The van der Waals surface area contributed by atoms with Crippen LogP contribution in [0.1, 0.15) is 335 Å². The topological polar surface area (TPSA) is 78.9 Å². The molecule has 0 aromatic carbocycles. The predicted octanol–water partition coefficient (Wildman–Crippen LogP) is 21.9. The second-order valence-electron chi connectivity index (χ2n) is 21.7. The van der Waals surface area contributed by atoms with Crippen LogP contribution in [-0.4, -0.2) is 37.2 Å². The fourth-order valence-corrected chi connectivity index (χ4v) is 9.36. The summed E-state index contributed by atoms with van der Waals surface area (Å²) in [6.07, 6.45) is 79.5. The Balaban J connectivity index is 4.19. The number of hydrogen-bond acceptors (Lipinski definition) is 6. The average Bonchev–Trinajstić information content (AvgIpc) is 3.40. The molecule has 0 aromatic rings. The third-order valence-electron chi connectivity index (χ3n) is 14.2. The van der Waals surface area contributed by atoms with Gasteiger partial charge < -0.3 is 14.2 Å². The molecule has 0 bridgehead atoms. The number of unbranched alkanes of at least 4 members (excludes halogenated alkanes) is 38. The number of carbonyl (C=O) groups is 3. The van der Waals surface area contributed by atoms with Gasteiger partial charge in [0, 0.05) is 19.3 Å². The second kappa shape index (κ2) is 62.6. The highest BCUT2D eigenvalue weighted by molar-refractivity contribution is 5.71. The van der Waals surface area contributed by atoms with Gasteiger partial charge in [0.1, 0.15) is 13.2 Å². The molecule has 430 valence electrons. The van der Waals surface area contributed by atoms with E-state index in [1.807, 2.05) is 0 Å². The first-order valence-electron chi connectivity index (χ1n) is 32.3. The van der Waals surface area contributed by atoms with Crippen LogP contribution < -0.4 is 0 Å². The Bertz CT molecular complexity index is 1330. The van der Waals surface area contributed by atoms with E-state index < -0.39 is 6.10 Å². The molecule has 0 rings (SSSR count). The van der Waals surface area contributed by atoms with Crippen LogP contribution in [0.25, 0.3) is 0 Å². The first kappa shape index (κ1) is 71.1. The smallest absolute Gasteiger partial charge is 0.306 e. The van der Waals surface area contributed by atoms with Crippen molar-refractivity contribution in [3.63, 3.8) is 0 Å². The van der Waals surface area contributed by atoms with Crippen LogP contribution in [0.3, 0.4) is 0 Å². The second-order valence-corrected chi connectivity index (χ2v) is 21.7. The lowest BCUT2D eigenvalue weighted by atomic mass is 10.0. The van der Waals surface area contributed by atoms with Crippen molar-refractivity contribution in [1.29, 1.82) is 0 Å². The van der Waals surface area contributed by atoms with Crippen LogP contribution in [0.2, 0.25) is 0 Å².